The molecule has 3 heteroatoms. The summed E-state index contributed by atoms with van der Waals surface area (Å²) in [5.41, 5.74) is 7.34. The molecule has 0 aliphatic carbocycles. The van der Waals surface area contributed by atoms with Crippen LogP contribution in [0, 0.1) is 0 Å². The molecule has 0 aromatic rings. The highest BCUT2D eigenvalue weighted by molar-refractivity contribution is 5.81. The second kappa shape index (κ2) is 5.89. The average Bonchev–Trinajstić information content (AvgIpc) is 2.58. The van der Waals surface area contributed by atoms with E-state index in [1.54, 1.807) is 0 Å². The smallest absolute Gasteiger partial charge is 0.130 e. The number of hydrogen-bond donors (Lipinski definition) is 1. The van der Waals surface area contributed by atoms with E-state index in [9.17, 15) is 0 Å². The number of amidine groups is 1. The number of hydrogen-bond acceptors (Lipinski definition) is 3. The van der Waals surface area contributed by atoms with Gasteiger partial charge < -0.3 is 10.6 Å². The predicted octanol–water partition coefficient (Wildman–Crippen LogP) is 2.80. The standard InChI is InChI=1S/C14H23N3/c1-12-6-8-13(15)16-14(9-7-12)17-10-4-2-3-5-11-17/h7,9H,2-6,8,10-11H2,1H3,(H2,15,16)/b12-7+,14-9+. The minimum absolute atomic E-state index is 0.771. The number of aliphatic imine (C=N–C) groups is 1. The second-order valence-corrected chi connectivity index (χ2v) is 5.04. The monoisotopic (exact) mass is 233 g/mol. The number of allylic oxidation sites excluding steroid dienone is 3. The Morgan fingerprint density at radius 2 is 1.76 bits per heavy atom. The van der Waals surface area contributed by atoms with Crippen LogP contribution in [0.15, 0.2) is 28.5 Å². The first-order chi connectivity index (χ1) is 8.25. The van der Waals surface area contributed by atoms with Crippen molar-refractivity contribution in [2.24, 2.45) is 10.7 Å². The maximum atomic E-state index is 5.96. The van der Waals surface area contributed by atoms with Gasteiger partial charge in [-0.05, 0) is 32.3 Å². The van der Waals surface area contributed by atoms with Crippen LogP contribution in [0.3, 0.4) is 0 Å². The van der Waals surface area contributed by atoms with Crippen LogP contribution in [0.4, 0.5) is 0 Å². The van der Waals surface area contributed by atoms with Gasteiger partial charge in [-0.2, -0.15) is 0 Å². The van der Waals surface area contributed by atoms with Crippen molar-refractivity contribution < 1.29 is 0 Å². The van der Waals surface area contributed by atoms with Crippen LogP contribution < -0.4 is 5.73 Å². The van der Waals surface area contributed by atoms with Gasteiger partial charge in [0.15, 0.2) is 0 Å². The van der Waals surface area contributed by atoms with Gasteiger partial charge in [-0.15, -0.1) is 0 Å². The summed E-state index contributed by atoms with van der Waals surface area (Å²) in [5, 5.41) is 0. The van der Waals surface area contributed by atoms with Crippen molar-refractivity contribution in [3.05, 3.63) is 23.5 Å². The highest BCUT2D eigenvalue weighted by atomic mass is 15.2. The lowest BCUT2D eigenvalue weighted by atomic mass is 10.1. The van der Waals surface area contributed by atoms with E-state index in [-0.39, 0.29) is 0 Å². The van der Waals surface area contributed by atoms with Crippen molar-refractivity contribution in [2.75, 3.05) is 13.1 Å². The second-order valence-electron chi connectivity index (χ2n) is 5.04. The first-order valence-electron chi connectivity index (χ1n) is 6.71. The fourth-order valence-corrected chi connectivity index (χ4v) is 2.34. The fraction of sp³-hybridized carbons (Fsp3) is 0.643. The van der Waals surface area contributed by atoms with Crippen LogP contribution in [0.5, 0.6) is 0 Å². The summed E-state index contributed by atoms with van der Waals surface area (Å²) in [5.74, 6) is 1.83. The molecule has 17 heavy (non-hydrogen) atoms. The van der Waals surface area contributed by atoms with Gasteiger partial charge >= 0.3 is 0 Å². The average molecular weight is 233 g/mol. The van der Waals surface area contributed by atoms with Crippen molar-refractivity contribution in [3.63, 3.8) is 0 Å². The molecule has 0 radical (unpaired) electrons. The molecule has 3 nitrogen and oxygen atoms in total. The summed E-state index contributed by atoms with van der Waals surface area (Å²) in [4.78, 5) is 6.96. The van der Waals surface area contributed by atoms with Gasteiger partial charge in [-0.25, -0.2) is 4.99 Å². The van der Waals surface area contributed by atoms with Gasteiger partial charge in [0.25, 0.3) is 0 Å². The largest absolute Gasteiger partial charge is 0.387 e. The lowest BCUT2D eigenvalue weighted by Crippen LogP contribution is -2.25. The van der Waals surface area contributed by atoms with Crippen molar-refractivity contribution in [1.29, 1.82) is 0 Å². The van der Waals surface area contributed by atoms with Crippen molar-refractivity contribution in [3.8, 4) is 0 Å². The van der Waals surface area contributed by atoms with Crippen molar-refractivity contribution >= 4 is 5.84 Å². The number of nitrogens with two attached hydrogens (primary N) is 1. The Morgan fingerprint density at radius 3 is 2.47 bits per heavy atom. The number of likely N-dealkylation sites (tertiary alicyclic amines) is 1. The molecule has 2 heterocycles. The molecule has 0 bridgehead atoms. The third-order valence-corrected chi connectivity index (χ3v) is 3.48. The fourth-order valence-electron chi connectivity index (χ4n) is 2.34. The molecule has 0 aromatic heterocycles. The lowest BCUT2D eigenvalue weighted by molar-refractivity contribution is 0.355. The van der Waals surface area contributed by atoms with Crippen LogP contribution in [-0.4, -0.2) is 23.8 Å². The molecule has 94 valence electrons. The van der Waals surface area contributed by atoms with Gasteiger partial charge in [0, 0.05) is 19.5 Å². The van der Waals surface area contributed by atoms with Crippen LogP contribution >= 0.6 is 0 Å². The van der Waals surface area contributed by atoms with Crippen LogP contribution in [-0.2, 0) is 0 Å². The molecule has 1 saturated heterocycles. The summed E-state index contributed by atoms with van der Waals surface area (Å²) in [7, 11) is 0. The number of rotatable bonds is 1. The molecule has 2 rings (SSSR count). The Balaban J connectivity index is 2.17. The summed E-state index contributed by atoms with van der Waals surface area (Å²) in [6, 6.07) is 0. The topological polar surface area (TPSA) is 41.6 Å². The van der Waals surface area contributed by atoms with Gasteiger partial charge in [-0.1, -0.05) is 24.5 Å². The van der Waals surface area contributed by atoms with Gasteiger partial charge in [-0.3, -0.25) is 0 Å². The summed E-state index contributed by atoms with van der Waals surface area (Å²) in [6.45, 7) is 4.40. The molecule has 0 unspecified atom stereocenters. The minimum atomic E-state index is 0.771. The summed E-state index contributed by atoms with van der Waals surface area (Å²) < 4.78 is 0. The Labute approximate surface area is 104 Å². The molecular formula is C14H23N3. The maximum absolute atomic E-state index is 5.96. The Kier molecular flexibility index (Phi) is 4.24. The molecular weight excluding hydrogens is 210 g/mol. The van der Waals surface area contributed by atoms with Gasteiger partial charge in [0.1, 0.15) is 11.7 Å². The Bertz CT molecular complexity index is 344. The SMILES string of the molecule is C\C1=C/C=C(N2CCCCCC2)\N=C(\N)CC1. The van der Waals surface area contributed by atoms with Crippen LogP contribution in [0.1, 0.15) is 45.4 Å². The summed E-state index contributed by atoms with van der Waals surface area (Å²) >= 11 is 0. The molecule has 0 amide bonds. The van der Waals surface area contributed by atoms with Crippen LogP contribution in [0.25, 0.3) is 0 Å². The molecule has 0 atom stereocenters. The molecule has 0 spiro atoms. The van der Waals surface area contributed by atoms with Gasteiger partial charge in [0.05, 0.1) is 0 Å². The first kappa shape index (κ1) is 12.2. The molecule has 0 saturated carbocycles. The lowest BCUT2D eigenvalue weighted by Gasteiger charge is -2.23. The van der Waals surface area contributed by atoms with E-state index in [0.717, 1.165) is 37.6 Å². The van der Waals surface area contributed by atoms with Crippen molar-refractivity contribution in [1.82, 2.24) is 4.90 Å². The molecule has 1 fully saturated rings. The van der Waals surface area contributed by atoms with E-state index in [1.807, 2.05) is 0 Å². The highest BCUT2D eigenvalue weighted by Gasteiger charge is 2.12. The van der Waals surface area contributed by atoms with E-state index in [4.69, 9.17) is 5.73 Å². The molecule has 0 aromatic carbocycles. The predicted molar refractivity (Wildman–Crippen MR) is 72.7 cm³/mol. The van der Waals surface area contributed by atoms with E-state index in [2.05, 4.69) is 29.0 Å². The zero-order valence-corrected chi connectivity index (χ0v) is 10.8. The van der Waals surface area contributed by atoms with E-state index in [1.165, 1.54) is 31.3 Å². The molecule has 2 N–H and O–H groups in total. The van der Waals surface area contributed by atoms with Crippen molar-refractivity contribution in [2.45, 2.75) is 45.4 Å². The van der Waals surface area contributed by atoms with E-state index >= 15 is 0 Å². The quantitative estimate of drug-likeness (QED) is 0.756. The van der Waals surface area contributed by atoms with Crippen LogP contribution in [0.2, 0.25) is 0 Å². The Hall–Kier alpha value is -1.25. The third-order valence-electron chi connectivity index (χ3n) is 3.48. The molecule has 2 aliphatic rings. The minimum Gasteiger partial charge on any atom is -0.387 e. The van der Waals surface area contributed by atoms with E-state index < -0.39 is 0 Å². The number of nitrogens with zero attached hydrogens (tertiary/aromatic N) is 2. The third kappa shape index (κ3) is 3.62. The Morgan fingerprint density at radius 1 is 1.06 bits per heavy atom. The zero-order chi connectivity index (χ0) is 12.1. The van der Waals surface area contributed by atoms with E-state index in [0.29, 0.717) is 0 Å². The zero-order valence-electron chi connectivity index (χ0n) is 10.8. The first-order valence-corrected chi connectivity index (χ1v) is 6.71. The maximum Gasteiger partial charge on any atom is 0.130 e. The van der Waals surface area contributed by atoms with Gasteiger partial charge in [0.2, 0.25) is 0 Å². The normalized spacial score (nSPS) is 32.1. The summed E-state index contributed by atoms with van der Waals surface area (Å²) in [6.07, 6.45) is 11.5. The molecule has 2 aliphatic heterocycles. The highest BCUT2D eigenvalue weighted by Crippen LogP contribution is 2.18.